The first kappa shape index (κ1) is 18.8. The highest BCUT2D eigenvalue weighted by Crippen LogP contribution is 2.34. The van der Waals surface area contributed by atoms with Gasteiger partial charge in [0.25, 0.3) is 5.91 Å². The average molecular weight is 406 g/mol. The molecule has 2 aromatic rings. The summed E-state index contributed by atoms with van der Waals surface area (Å²) in [5.74, 6) is 0.122. The quantitative estimate of drug-likeness (QED) is 0.486. The molecule has 0 heterocycles. The number of carbonyl (C=O) groups is 1. The first-order valence-electron chi connectivity index (χ1n) is 7.77. The van der Waals surface area contributed by atoms with E-state index in [0.29, 0.717) is 22.4 Å². The molecule has 1 amide bonds. The number of ether oxygens (including phenoxy) is 1. The summed E-state index contributed by atoms with van der Waals surface area (Å²) in [6.45, 7) is 4.36. The highest BCUT2D eigenvalue weighted by Gasteiger charge is 2.08. The molecule has 0 spiro atoms. The monoisotopic (exact) mass is 405 g/mol. The molecule has 0 saturated heterocycles. The second kappa shape index (κ2) is 9.08. The van der Waals surface area contributed by atoms with E-state index < -0.39 is 0 Å². The Morgan fingerprint density at radius 1 is 1.36 bits per heavy atom. The molecule has 132 valence electrons. The van der Waals surface area contributed by atoms with E-state index in [9.17, 15) is 9.90 Å². The third-order valence-electron chi connectivity index (χ3n) is 3.22. The Morgan fingerprint density at radius 2 is 2.16 bits per heavy atom. The van der Waals surface area contributed by atoms with E-state index in [2.05, 4.69) is 31.8 Å². The van der Waals surface area contributed by atoms with Crippen molar-refractivity contribution in [3.8, 4) is 11.5 Å². The van der Waals surface area contributed by atoms with Crippen LogP contribution in [0.3, 0.4) is 0 Å². The Labute approximate surface area is 155 Å². The smallest absolute Gasteiger partial charge is 0.259 e. The van der Waals surface area contributed by atoms with Crippen molar-refractivity contribution >= 4 is 33.7 Å². The summed E-state index contributed by atoms with van der Waals surface area (Å²) in [6, 6.07) is 11.1. The van der Waals surface area contributed by atoms with Gasteiger partial charge < -0.3 is 15.2 Å². The molecule has 7 heteroatoms. The summed E-state index contributed by atoms with van der Waals surface area (Å²) in [6.07, 6.45) is 1.48. The van der Waals surface area contributed by atoms with Crippen molar-refractivity contribution in [2.24, 2.45) is 5.10 Å². The number of anilines is 1. The molecule has 0 saturated carbocycles. The van der Waals surface area contributed by atoms with Crippen LogP contribution in [-0.4, -0.2) is 30.4 Å². The summed E-state index contributed by atoms with van der Waals surface area (Å²) in [5.41, 5.74) is 5.13. The maximum atomic E-state index is 11.8. The molecule has 0 bridgehead atoms. The number of nitrogens with one attached hydrogen (secondary N) is 2. The zero-order valence-corrected chi connectivity index (χ0v) is 15.6. The van der Waals surface area contributed by atoms with Gasteiger partial charge in [-0.1, -0.05) is 12.1 Å². The number of aromatic hydroxyl groups is 1. The Bertz CT molecular complexity index is 778. The fraction of sp³-hybridized carbons (Fsp3) is 0.222. The number of carbonyl (C=O) groups excluding carboxylic acids is 1. The predicted molar refractivity (Wildman–Crippen MR) is 102 cm³/mol. The second-order valence-electron chi connectivity index (χ2n) is 5.30. The van der Waals surface area contributed by atoms with Crippen LogP contribution in [0.5, 0.6) is 11.5 Å². The molecule has 0 aromatic heterocycles. The minimum atomic E-state index is -0.263. The van der Waals surface area contributed by atoms with Crippen LogP contribution < -0.4 is 15.5 Å². The summed E-state index contributed by atoms with van der Waals surface area (Å²) in [4.78, 5) is 11.8. The zero-order chi connectivity index (χ0) is 18.2. The van der Waals surface area contributed by atoms with Crippen LogP contribution in [0.2, 0.25) is 0 Å². The molecule has 0 unspecified atom stereocenters. The molecule has 0 atom stereocenters. The number of hydrogen-bond donors (Lipinski definition) is 3. The fourth-order valence-corrected chi connectivity index (χ4v) is 2.55. The lowest BCUT2D eigenvalue weighted by molar-refractivity contribution is -0.119. The van der Waals surface area contributed by atoms with E-state index in [1.54, 1.807) is 12.1 Å². The molecule has 0 aliphatic carbocycles. The third-order valence-corrected chi connectivity index (χ3v) is 3.83. The number of hydrogen-bond acceptors (Lipinski definition) is 5. The molecular formula is C18H20BrN3O3. The fourth-order valence-electron chi connectivity index (χ4n) is 2.09. The summed E-state index contributed by atoms with van der Waals surface area (Å²) >= 11 is 3.26. The van der Waals surface area contributed by atoms with Gasteiger partial charge in [0.15, 0.2) is 11.5 Å². The van der Waals surface area contributed by atoms with Crippen LogP contribution in [0.4, 0.5) is 5.69 Å². The van der Waals surface area contributed by atoms with Gasteiger partial charge in [-0.05, 0) is 65.2 Å². The molecule has 25 heavy (non-hydrogen) atoms. The van der Waals surface area contributed by atoms with Gasteiger partial charge in [-0.3, -0.25) is 4.79 Å². The van der Waals surface area contributed by atoms with Crippen molar-refractivity contribution in [1.82, 2.24) is 5.43 Å². The molecule has 0 radical (unpaired) electrons. The van der Waals surface area contributed by atoms with Crippen molar-refractivity contribution in [2.75, 3.05) is 18.5 Å². The van der Waals surface area contributed by atoms with Crippen LogP contribution in [0, 0.1) is 6.92 Å². The largest absolute Gasteiger partial charge is 0.503 e. The van der Waals surface area contributed by atoms with Crippen LogP contribution in [0.25, 0.3) is 0 Å². The standard InChI is InChI=1S/C18H20BrN3O3/c1-3-25-16-9-13(8-15(19)18(16)24)10-21-22-17(23)11-20-14-6-4-5-12(2)7-14/h4-10,20,24H,3,11H2,1-2H3,(H,22,23)/b21-10+. The molecule has 0 fully saturated rings. The number of phenolic OH excluding ortho intramolecular Hbond substituents is 1. The van der Waals surface area contributed by atoms with E-state index in [4.69, 9.17) is 4.74 Å². The van der Waals surface area contributed by atoms with E-state index in [1.165, 1.54) is 6.21 Å². The second-order valence-corrected chi connectivity index (χ2v) is 6.15. The maximum Gasteiger partial charge on any atom is 0.259 e. The third kappa shape index (κ3) is 5.79. The maximum absolute atomic E-state index is 11.8. The first-order chi connectivity index (χ1) is 12.0. The van der Waals surface area contributed by atoms with Crippen molar-refractivity contribution < 1.29 is 14.6 Å². The van der Waals surface area contributed by atoms with E-state index >= 15 is 0 Å². The van der Waals surface area contributed by atoms with Crippen molar-refractivity contribution in [3.63, 3.8) is 0 Å². The van der Waals surface area contributed by atoms with Gasteiger partial charge in [0, 0.05) is 5.69 Å². The van der Waals surface area contributed by atoms with Crippen molar-refractivity contribution in [2.45, 2.75) is 13.8 Å². The minimum absolute atomic E-state index is 0.0328. The summed E-state index contributed by atoms with van der Waals surface area (Å²) in [5, 5.41) is 16.8. The lowest BCUT2D eigenvalue weighted by Gasteiger charge is -2.08. The van der Waals surface area contributed by atoms with E-state index in [0.717, 1.165) is 11.3 Å². The van der Waals surface area contributed by atoms with Gasteiger partial charge in [-0.15, -0.1) is 0 Å². The number of nitrogens with zero attached hydrogens (tertiary/aromatic N) is 1. The van der Waals surface area contributed by atoms with Gasteiger partial charge >= 0.3 is 0 Å². The SMILES string of the molecule is CCOc1cc(/C=N/NC(=O)CNc2cccc(C)c2)cc(Br)c1O. The van der Waals surface area contributed by atoms with E-state index in [-0.39, 0.29) is 18.2 Å². The first-order valence-corrected chi connectivity index (χ1v) is 8.56. The lowest BCUT2D eigenvalue weighted by atomic mass is 10.2. The molecular weight excluding hydrogens is 386 g/mol. The van der Waals surface area contributed by atoms with Crippen molar-refractivity contribution in [1.29, 1.82) is 0 Å². The summed E-state index contributed by atoms with van der Waals surface area (Å²) < 4.78 is 5.84. The molecule has 2 rings (SSSR count). The molecule has 3 N–H and O–H groups in total. The van der Waals surface area contributed by atoms with E-state index in [1.807, 2.05) is 38.1 Å². The number of hydrazone groups is 1. The van der Waals surface area contributed by atoms with Crippen LogP contribution in [0.15, 0.2) is 46.0 Å². The minimum Gasteiger partial charge on any atom is -0.503 e. The molecule has 2 aromatic carbocycles. The normalized spacial score (nSPS) is 10.7. The average Bonchev–Trinajstić information content (AvgIpc) is 2.58. The van der Waals surface area contributed by atoms with Crippen LogP contribution in [-0.2, 0) is 4.79 Å². The molecule has 6 nitrogen and oxygen atoms in total. The molecule has 0 aliphatic rings. The van der Waals surface area contributed by atoms with Gasteiger partial charge in [0.05, 0.1) is 23.8 Å². The number of rotatable bonds is 7. The van der Waals surface area contributed by atoms with Crippen molar-refractivity contribution in [3.05, 3.63) is 52.0 Å². The van der Waals surface area contributed by atoms with Gasteiger partial charge in [0.1, 0.15) is 0 Å². The predicted octanol–water partition coefficient (Wildman–Crippen LogP) is 3.42. The number of halogens is 1. The zero-order valence-electron chi connectivity index (χ0n) is 14.0. The Hall–Kier alpha value is -2.54. The topological polar surface area (TPSA) is 83.0 Å². The highest BCUT2D eigenvalue weighted by atomic mass is 79.9. The number of aryl methyl sites for hydroxylation is 1. The van der Waals surface area contributed by atoms with Gasteiger partial charge in [0.2, 0.25) is 0 Å². The highest BCUT2D eigenvalue weighted by molar-refractivity contribution is 9.10. The van der Waals surface area contributed by atoms with Crippen LogP contribution >= 0.6 is 15.9 Å². The Morgan fingerprint density at radius 3 is 2.88 bits per heavy atom. The Kier molecular flexibility index (Phi) is 6.82. The lowest BCUT2D eigenvalue weighted by Crippen LogP contribution is -2.25. The number of phenols is 1. The summed E-state index contributed by atoms with van der Waals surface area (Å²) in [7, 11) is 0. The Balaban J connectivity index is 1.90. The number of benzene rings is 2. The van der Waals surface area contributed by atoms with Crippen LogP contribution in [0.1, 0.15) is 18.1 Å². The molecule has 0 aliphatic heterocycles. The number of amides is 1. The van der Waals surface area contributed by atoms with Gasteiger partial charge in [-0.25, -0.2) is 5.43 Å². The van der Waals surface area contributed by atoms with Gasteiger partial charge in [-0.2, -0.15) is 5.10 Å².